The van der Waals surface area contributed by atoms with E-state index in [4.69, 9.17) is 14.5 Å². The molecule has 2 aromatic carbocycles. The van der Waals surface area contributed by atoms with Gasteiger partial charge in [-0.3, -0.25) is 4.79 Å². The zero-order valence-corrected chi connectivity index (χ0v) is 17.9. The summed E-state index contributed by atoms with van der Waals surface area (Å²) in [7, 11) is 0. The fourth-order valence-corrected chi connectivity index (χ4v) is 4.35. The van der Waals surface area contributed by atoms with E-state index in [0.29, 0.717) is 5.75 Å². The Balaban J connectivity index is 1.40. The molecular weight excluding hydrogens is 398 g/mol. The Bertz CT molecular complexity index is 982. The van der Waals surface area contributed by atoms with Gasteiger partial charge >= 0.3 is 0 Å². The zero-order chi connectivity index (χ0) is 20.9. The van der Waals surface area contributed by atoms with Crippen molar-refractivity contribution in [3.8, 4) is 17.0 Å². The van der Waals surface area contributed by atoms with E-state index in [1.807, 2.05) is 54.6 Å². The summed E-state index contributed by atoms with van der Waals surface area (Å²) in [5.41, 5.74) is 2.59. The van der Waals surface area contributed by atoms with E-state index in [1.165, 1.54) is 0 Å². The van der Waals surface area contributed by atoms with Gasteiger partial charge in [0.15, 0.2) is 11.7 Å². The maximum Gasteiger partial charge on any atom is 0.262 e. The lowest BCUT2D eigenvalue weighted by Gasteiger charge is -2.35. The first kappa shape index (κ1) is 20.4. The summed E-state index contributed by atoms with van der Waals surface area (Å²) in [5, 5.41) is 5.94. The van der Waals surface area contributed by atoms with Crippen molar-refractivity contribution in [3.05, 3.63) is 60.0 Å². The second-order valence-corrected chi connectivity index (χ2v) is 8.24. The molecule has 0 radical (unpaired) electrons. The molecule has 1 saturated heterocycles. The monoisotopic (exact) mass is 423 g/mol. The third-order valence-corrected chi connectivity index (χ3v) is 5.64. The highest BCUT2D eigenvalue weighted by molar-refractivity contribution is 7.14. The first-order valence-corrected chi connectivity index (χ1v) is 10.9. The first-order chi connectivity index (χ1) is 14.6. The van der Waals surface area contributed by atoms with E-state index in [1.54, 1.807) is 11.3 Å². The topological polar surface area (TPSA) is 63.7 Å². The van der Waals surface area contributed by atoms with Gasteiger partial charge < -0.3 is 19.7 Å². The number of carbonyl (C=O) groups excluding carboxylic acids is 1. The standard InChI is InChI=1S/C23H25N3O3S/c1-16-12-26(13-17(2)29-16)23-25-21(15-30-23)18-7-6-8-19(11-18)24-22(27)14-28-20-9-4-3-5-10-20/h3-11,15-17H,12-14H2,1-2H3,(H,24,27). The number of morpholine rings is 1. The zero-order valence-electron chi connectivity index (χ0n) is 17.1. The molecule has 1 N–H and O–H groups in total. The fraction of sp³-hybridized carbons (Fsp3) is 0.304. The smallest absolute Gasteiger partial charge is 0.262 e. The molecule has 0 bridgehead atoms. The van der Waals surface area contributed by atoms with E-state index < -0.39 is 0 Å². The van der Waals surface area contributed by atoms with Crippen molar-refractivity contribution in [2.24, 2.45) is 0 Å². The number of rotatable bonds is 6. The molecule has 3 aromatic rings. The van der Waals surface area contributed by atoms with Gasteiger partial charge in [-0.1, -0.05) is 30.3 Å². The lowest BCUT2D eigenvalue weighted by Crippen LogP contribution is -2.45. The number of thiazole rings is 1. The molecule has 1 aromatic heterocycles. The van der Waals surface area contributed by atoms with Crippen LogP contribution < -0.4 is 15.0 Å². The number of nitrogens with zero attached hydrogens (tertiary/aromatic N) is 2. The summed E-state index contributed by atoms with van der Waals surface area (Å²) in [4.78, 5) is 19.3. The minimum absolute atomic E-state index is 0.0392. The number of anilines is 2. The molecule has 2 heterocycles. The second-order valence-electron chi connectivity index (χ2n) is 7.41. The van der Waals surface area contributed by atoms with Crippen LogP contribution in [0.5, 0.6) is 5.75 Å². The Labute approximate surface area is 180 Å². The molecule has 1 aliphatic heterocycles. The van der Waals surface area contributed by atoms with E-state index in [2.05, 4.69) is 29.4 Å². The molecule has 7 heteroatoms. The van der Waals surface area contributed by atoms with E-state index in [9.17, 15) is 4.79 Å². The van der Waals surface area contributed by atoms with Crippen LogP contribution in [0, 0.1) is 0 Å². The molecule has 2 atom stereocenters. The van der Waals surface area contributed by atoms with Crippen molar-refractivity contribution in [2.45, 2.75) is 26.1 Å². The molecule has 30 heavy (non-hydrogen) atoms. The lowest BCUT2D eigenvalue weighted by molar-refractivity contribution is -0.118. The van der Waals surface area contributed by atoms with Gasteiger partial charge in [0.25, 0.3) is 5.91 Å². The average molecular weight is 424 g/mol. The van der Waals surface area contributed by atoms with Gasteiger partial charge in [-0.25, -0.2) is 4.98 Å². The van der Waals surface area contributed by atoms with Crippen molar-refractivity contribution in [1.82, 2.24) is 4.98 Å². The highest BCUT2D eigenvalue weighted by Gasteiger charge is 2.24. The first-order valence-electron chi connectivity index (χ1n) is 10.0. The Morgan fingerprint density at radius 1 is 1.17 bits per heavy atom. The van der Waals surface area contributed by atoms with Crippen molar-refractivity contribution >= 4 is 28.1 Å². The minimum Gasteiger partial charge on any atom is -0.484 e. The molecule has 0 saturated carbocycles. The number of ether oxygens (including phenoxy) is 2. The van der Waals surface area contributed by atoms with Gasteiger partial charge in [0, 0.05) is 29.7 Å². The molecule has 4 rings (SSSR count). The molecule has 156 valence electrons. The predicted molar refractivity (Wildman–Crippen MR) is 120 cm³/mol. The van der Waals surface area contributed by atoms with Crippen molar-refractivity contribution in [2.75, 3.05) is 29.9 Å². The summed E-state index contributed by atoms with van der Waals surface area (Å²) in [6, 6.07) is 17.0. The number of benzene rings is 2. The van der Waals surface area contributed by atoms with Crippen LogP contribution in [-0.2, 0) is 9.53 Å². The van der Waals surface area contributed by atoms with Crippen molar-refractivity contribution in [1.29, 1.82) is 0 Å². The van der Waals surface area contributed by atoms with Crippen LogP contribution in [-0.4, -0.2) is 42.8 Å². The van der Waals surface area contributed by atoms with Crippen LogP contribution in [0.2, 0.25) is 0 Å². The Morgan fingerprint density at radius 2 is 1.93 bits per heavy atom. The SMILES string of the molecule is CC1CN(c2nc(-c3cccc(NC(=O)COc4ccccc4)c3)cs2)CC(C)O1. The molecule has 6 nitrogen and oxygen atoms in total. The molecule has 1 fully saturated rings. The molecule has 1 aliphatic rings. The quantitative estimate of drug-likeness (QED) is 0.635. The summed E-state index contributed by atoms with van der Waals surface area (Å²) in [6.45, 7) is 5.82. The minimum atomic E-state index is -0.203. The van der Waals surface area contributed by atoms with Crippen LogP contribution in [0.25, 0.3) is 11.3 Å². The van der Waals surface area contributed by atoms with Crippen LogP contribution in [0.15, 0.2) is 60.0 Å². The normalized spacial score (nSPS) is 18.8. The number of carbonyl (C=O) groups is 1. The highest BCUT2D eigenvalue weighted by atomic mass is 32.1. The average Bonchev–Trinajstić information content (AvgIpc) is 3.23. The molecule has 0 spiro atoms. The van der Waals surface area contributed by atoms with Gasteiger partial charge in [0.05, 0.1) is 17.9 Å². The van der Waals surface area contributed by atoms with Gasteiger partial charge in [-0.2, -0.15) is 0 Å². The largest absolute Gasteiger partial charge is 0.484 e. The van der Waals surface area contributed by atoms with Gasteiger partial charge in [-0.15, -0.1) is 11.3 Å². The number of hydrogen-bond donors (Lipinski definition) is 1. The summed E-state index contributed by atoms with van der Waals surface area (Å²) in [6.07, 6.45) is 0.385. The number of amides is 1. The third-order valence-electron chi connectivity index (χ3n) is 4.74. The number of hydrogen-bond acceptors (Lipinski definition) is 6. The summed E-state index contributed by atoms with van der Waals surface area (Å²) < 4.78 is 11.3. The van der Waals surface area contributed by atoms with Gasteiger partial charge in [0.2, 0.25) is 0 Å². The second kappa shape index (κ2) is 9.28. The van der Waals surface area contributed by atoms with Crippen LogP contribution in [0.3, 0.4) is 0 Å². The fourth-order valence-electron chi connectivity index (χ4n) is 3.50. The van der Waals surface area contributed by atoms with Crippen LogP contribution in [0.4, 0.5) is 10.8 Å². The maximum atomic E-state index is 12.2. The van der Waals surface area contributed by atoms with Crippen LogP contribution >= 0.6 is 11.3 Å². The Kier molecular flexibility index (Phi) is 6.30. The highest BCUT2D eigenvalue weighted by Crippen LogP contribution is 2.30. The molecular formula is C23H25N3O3S. The van der Waals surface area contributed by atoms with Gasteiger partial charge in [-0.05, 0) is 38.1 Å². The predicted octanol–water partition coefficient (Wildman–Crippen LogP) is 4.44. The number of nitrogens with one attached hydrogen (secondary N) is 1. The van der Waals surface area contributed by atoms with Crippen molar-refractivity contribution < 1.29 is 14.3 Å². The van der Waals surface area contributed by atoms with Gasteiger partial charge in [0.1, 0.15) is 5.75 Å². The summed E-state index contributed by atoms with van der Waals surface area (Å²) >= 11 is 1.63. The van der Waals surface area contributed by atoms with Crippen LogP contribution in [0.1, 0.15) is 13.8 Å². The van der Waals surface area contributed by atoms with E-state index in [0.717, 1.165) is 35.2 Å². The van der Waals surface area contributed by atoms with E-state index in [-0.39, 0.29) is 24.7 Å². The summed E-state index contributed by atoms with van der Waals surface area (Å²) in [5.74, 6) is 0.467. The molecule has 1 amide bonds. The Morgan fingerprint density at radius 3 is 2.70 bits per heavy atom. The number of aromatic nitrogens is 1. The lowest BCUT2D eigenvalue weighted by atomic mass is 10.1. The molecule has 2 unspecified atom stereocenters. The number of para-hydroxylation sites is 1. The third kappa shape index (κ3) is 5.17. The van der Waals surface area contributed by atoms with E-state index >= 15 is 0 Å². The Hall–Kier alpha value is -2.90. The van der Waals surface area contributed by atoms with Crippen molar-refractivity contribution in [3.63, 3.8) is 0 Å². The molecule has 0 aliphatic carbocycles. The maximum absolute atomic E-state index is 12.2.